The minimum Gasteiger partial charge on any atom is -0.507 e. The third-order valence-electron chi connectivity index (χ3n) is 6.56. The molecule has 0 aliphatic carbocycles. The van der Waals surface area contributed by atoms with E-state index in [0.29, 0.717) is 44.6 Å². The smallest absolute Gasteiger partial charge is 0.232 e. The number of phenols is 1. The van der Waals surface area contributed by atoms with E-state index in [2.05, 4.69) is 34.1 Å². The van der Waals surface area contributed by atoms with Crippen molar-refractivity contribution in [1.29, 1.82) is 0 Å². The topological polar surface area (TPSA) is 53.0 Å². The van der Waals surface area contributed by atoms with Crippen LogP contribution in [0.5, 0.6) is 11.5 Å². The highest BCUT2D eigenvalue weighted by Crippen LogP contribution is 2.42. The summed E-state index contributed by atoms with van der Waals surface area (Å²) in [7, 11) is 0. The summed E-state index contributed by atoms with van der Waals surface area (Å²) < 4.78 is 6.07. The Morgan fingerprint density at radius 3 is 2.31 bits per heavy atom. The Kier molecular flexibility index (Phi) is 6.85. The molecule has 2 aliphatic rings. The van der Waals surface area contributed by atoms with Gasteiger partial charge in [0.2, 0.25) is 5.78 Å². The number of aryl methyl sites for hydroxylation is 1. The molecule has 3 aromatic rings. The highest BCUT2D eigenvalue weighted by atomic mass is 35.5. The summed E-state index contributed by atoms with van der Waals surface area (Å²) >= 11 is 12.1. The summed E-state index contributed by atoms with van der Waals surface area (Å²) in [5.41, 5.74) is 3.87. The number of benzene rings is 3. The van der Waals surface area contributed by atoms with Crippen molar-refractivity contribution in [3.8, 4) is 11.5 Å². The van der Waals surface area contributed by atoms with Crippen molar-refractivity contribution in [2.24, 2.45) is 0 Å². The van der Waals surface area contributed by atoms with Crippen molar-refractivity contribution in [3.63, 3.8) is 0 Å². The van der Waals surface area contributed by atoms with Crippen LogP contribution in [0.2, 0.25) is 10.0 Å². The van der Waals surface area contributed by atoms with Crippen molar-refractivity contribution in [2.45, 2.75) is 20.0 Å². The molecular formula is C28H26Cl2N2O3. The first-order valence-electron chi connectivity index (χ1n) is 11.6. The molecule has 7 heteroatoms. The number of ketones is 1. The maximum Gasteiger partial charge on any atom is 0.232 e. The van der Waals surface area contributed by atoms with Crippen molar-refractivity contribution >= 4 is 35.1 Å². The number of aromatic hydroxyl groups is 1. The zero-order valence-corrected chi connectivity index (χ0v) is 20.9. The van der Waals surface area contributed by atoms with Crippen molar-refractivity contribution in [3.05, 3.63) is 98.2 Å². The molecule has 180 valence electrons. The first-order chi connectivity index (χ1) is 16.9. The number of allylic oxidation sites excluding steroid dienone is 1. The minimum absolute atomic E-state index is 0.150. The maximum absolute atomic E-state index is 13.2. The standard InChI is InChI=1S/C28H26Cl2N2O3/c1-18-13-24(33)21(17-32-11-9-31(10-12-32)16-19-5-3-2-4-6-19)28-26(18)27(34)25(35-28)15-20-7-8-22(29)23(30)14-20/h2-8,13-15,33H,9-12,16-17H2,1H3/b25-15-. The molecule has 0 radical (unpaired) electrons. The first kappa shape index (κ1) is 23.9. The lowest BCUT2D eigenvalue weighted by atomic mass is 9.99. The Morgan fingerprint density at radius 1 is 0.943 bits per heavy atom. The van der Waals surface area contributed by atoms with Crippen molar-refractivity contribution < 1.29 is 14.6 Å². The molecule has 0 atom stereocenters. The van der Waals surface area contributed by atoms with E-state index in [1.54, 1.807) is 30.3 Å². The molecule has 0 aromatic heterocycles. The van der Waals surface area contributed by atoms with Gasteiger partial charge in [-0.3, -0.25) is 14.6 Å². The van der Waals surface area contributed by atoms with Gasteiger partial charge < -0.3 is 9.84 Å². The van der Waals surface area contributed by atoms with Gasteiger partial charge in [0.1, 0.15) is 11.5 Å². The molecule has 2 heterocycles. The highest BCUT2D eigenvalue weighted by molar-refractivity contribution is 6.42. The normalized spacial score (nSPS) is 17.6. The van der Waals surface area contributed by atoms with E-state index in [1.165, 1.54) is 5.56 Å². The Hall–Kier alpha value is -2.83. The zero-order valence-electron chi connectivity index (χ0n) is 19.4. The minimum atomic E-state index is -0.197. The van der Waals surface area contributed by atoms with Gasteiger partial charge in [-0.1, -0.05) is 59.6 Å². The van der Waals surface area contributed by atoms with Gasteiger partial charge in [-0.2, -0.15) is 0 Å². The van der Waals surface area contributed by atoms with E-state index in [0.717, 1.165) is 32.7 Å². The number of Topliss-reactive ketones (excluding diaryl/α,β-unsaturated/α-hetero) is 1. The molecular weight excluding hydrogens is 483 g/mol. The molecule has 1 N–H and O–H groups in total. The lowest BCUT2D eigenvalue weighted by Crippen LogP contribution is -2.45. The summed E-state index contributed by atoms with van der Waals surface area (Å²) in [6.45, 7) is 6.87. The average molecular weight is 509 g/mol. The van der Waals surface area contributed by atoms with Crippen LogP contribution < -0.4 is 4.74 Å². The third kappa shape index (κ3) is 5.09. The molecule has 5 nitrogen and oxygen atoms in total. The molecule has 0 bridgehead atoms. The van der Waals surface area contributed by atoms with E-state index in [9.17, 15) is 9.90 Å². The fourth-order valence-electron chi connectivity index (χ4n) is 4.66. The summed E-state index contributed by atoms with van der Waals surface area (Å²) in [4.78, 5) is 17.9. The fourth-order valence-corrected chi connectivity index (χ4v) is 4.96. The summed E-state index contributed by atoms with van der Waals surface area (Å²) in [6.07, 6.45) is 1.66. The molecule has 5 rings (SSSR count). The van der Waals surface area contributed by atoms with E-state index in [-0.39, 0.29) is 17.3 Å². The summed E-state index contributed by atoms with van der Waals surface area (Å²) in [5, 5.41) is 11.6. The number of rotatable bonds is 5. The SMILES string of the molecule is Cc1cc(O)c(CN2CCN(Cc3ccccc3)CC2)c2c1C(=O)/C(=C/c1ccc(Cl)c(Cl)c1)O2. The van der Waals surface area contributed by atoms with Crippen LogP contribution in [0, 0.1) is 6.92 Å². The van der Waals surface area contributed by atoms with E-state index in [1.807, 2.05) is 13.0 Å². The number of fused-ring (bicyclic) bond motifs is 1. The van der Waals surface area contributed by atoms with Gasteiger partial charge in [0.05, 0.1) is 21.2 Å². The van der Waals surface area contributed by atoms with Gasteiger partial charge in [-0.15, -0.1) is 0 Å². The second kappa shape index (κ2) is 10.0. The molecule has 3 aromatic carbocycles. The molecule has 1 fully saturated rings. The molecule has 0 spiro atoms. The van der Waals surface area contributed by atoms with Crippen LogP contribution in [0.15, 0.2) is 60.4 Å². The molecule has 0 unspecified atom stereocenters. The van der Waals surface area contributed by atoms with E-state index < -0.39 is 0 Å². The first-order valence-corrected chi connectivity index (χ1v) is 12.4. The number of carbonyl (C=O) groups excluding carboxylic acids is 1. The largest absolute Gasteiger partial charge is 0.507 e. The van der Waals surface area contributed by atoms with Gasteiger partial charge in [-0.05, 0) is 47.9 Å². The number of nitrogens with zero attached hydrogens (tertiary/aromatic N) is 2. The zero-order chi connectivity index (χ0) is 24.5. The average Bonchev–Trinajstić information content (AvgIpc) is 3.17. The monoisotopic (exact) mass is 508 g/mol. The molecule has 1 saturated heterocycles. The number of ether oxygens (including phenoxy) is 1. The van der Waals surface area contributed by atoms with Gasteiger partial charge in [0, 0.05) is 39.3 Å². The number of phenolic OH excluding ortho intramolecular Hbond substituents is 1. The Labute approximate surface area is 215 Å². The molecule has 0 amide bonds. The molecule has 2 aliphatic heterocycles. The lowest BCUT2D eigenvalue weighted by Gasteiger charge is -2.35. The molecule has 35 heavy (non-hydrogen) atoms. The maximum atomic E-state index is 13.2. The van der Waals surface area contributed by atoms with Gasteiger partial charge in [0.15, 0.2) is 5.76 Å². The van der Waals surface area contributed by atoms with Crippen LogP contribution in [0.3, 0.4) is 0 Å². The summed E-state index contributed by atoms with van der Waals surface area (Å²) in [6, 6.07) is 17.3. The number of piperazine rings is 1. The van der Waals surface area contributed by atoms with Gasteiger partial charge >= 0.3 is 0 Å². The second-order valence-electron chi connectivity index (χ2n) is 9.05. The summed E-state index contributed by atoms with van der Waals surface area (Å²) in [5.74, 6) is 0.612. The molecule has 0 saturated carbocycles. The Morgan fingerprint density at radius 2 is 1.63 bits per heavy atom. The van der Waals surface area contributed by atoms with Crippen LogP contribution in [-0.2, 0) is 13.1 Å². The number of hydrogen-bond acceptors (Lipinski definition) is 5. The van der Waals surface area contributed by atoms with Gasteiger partial charge in [0.25, 0.3) is 0 Å². The number of hydrogen-bond donors (Lipinski definition) is 1. The van der Waals surface area contributed by atoms with Crippen molar-refractivity contribution in [2.75, 3.05) is 26.2 Å². The Bertz CT molecular complexity index is 1300. The van der Waals surface area contributed by atoms with Crippen LogP contribution in [0.4, 0.5) is 0 Å². The van der Waals surface area contributed by atoms with Crippen LogP contribution >= 0.6 is 23.2 Å². The number of halogens is 2. The Balaban J connectivity index is 1.33. The van der Waals surface area contributed by atoms with Crippen LogP contribution in [-0.4, -0.2) is 46.9 Å². The van der Waals surface area contributed by atoms with E-state index in [4.69, 9.17) is 27.9 Å². The van der Waals surface area contributed by atoms with Crippen molar-refractivity contribution in [1.82, 2.24) is 9.80 Å². The quantitative estimate of drug-likeness (QED) is 0.432. The van der Waals surface area contributed by atoms with Crippen LogP contribution in [0.1, 0.15) is 32.6 Å². The lowest BCUT2D eigenvalue weighted by molar-refractivity contribution is 0.101. The second-order valence-corrected chi connectivity index (χ2v) is 9.86. The number of carbonyl (C=O) groups is 1. The predicted octanol–water partition coefficient (Wildman–Crippen LogP) is 5.94. The third-order valence-corrected chi connectivity index (χ3v) is 7.30. The van der Waals surface area contributed by atoms with Gasteiger partial charge in [-0.25, -0.2) is 0 Å². The van der Waals surface area contributed by atoms with E-state index >= 15 is 0 Å². The predicted molar refractivity (Wildman–Crippen MR) is 139 cm³/mol. The van der Waals surface area contributed by atoms with Crippen LogP contribution in [0.25, 0.3) is 6.08 Å². The highest BCUT2D eigenvalue weighted by Gasteiger charge is 2.34. The fraction of sp³-hybridized carbons (Fsp3) is 0.250.